The van der Waals surface area contributed by atoms with Gasteiger partial charge in [-0.15, -0.1) is 0 Å². The summed E-state index contributed by atoms with van der Waals surface area (Å²) in [5.74, 6) is 0. The van der Waals surface area contributed by atoms with Gasteiger partial charge in [0.1, 0.15) is 0 Å². The van der Waals surface area contributed by atoms with Crippen molar-refractivity contribution in [3.63, 3.8) is 0 Å². The fourth-order valence-electron chi connectivity index (χ4n) is 0.830. The average Bonchev–Trinajstić information content (AvgIpc) is 2.02. The first-order valence-corrected chi connectivity index (χ1v) is 3.58. The van der Waals surface area contributed by atoms with Crippen molar-refractivity contribution in [3.8, 4) is 0 Å². The summed E-state index contributed by atoms with van der Waals surface area (Å²) >= 11 is 5.31. The predicted octanol–water partition coefficient (Wildman–Crippen LogP) is 2.82. The van der Waals surface area contributed by atoms with Crippen LogP contribution in [0.1, 0.15) is 11.1 Å². The van der Waals surface area contributed by atoms with E-state index in [-0.39, 0.29) is 5.56 Å². The first-order valence-electron chi connectivity index (χ1n) is 3.20. The van der Waals surface area contributed by atoms with E-state index in [1.165, 1.54) is 12.4 Å². The molecule has 0 amide bonds. The van der Waals surface area contributed by atoms with Crippen LogP contribution >= 0.6 is 11.6 Å². The summed E-state index contributed by atoms with van der Waals surface area (Å²) in [7, 11) is 0. The average molecular weight is 208 g/mol. The Bertz CT molecular complexity index is 333. The van der Waals surface area contributed by atoms with Gasteiger partial charge in [-0.05, 0) is 12.1 Å². The third kappa shape index (κ3) is 2.01. The van der Waals surface area contributed by atoms with E-state index >= 15 is 0 Å². The molecule has 0 fully saturated rings. The third-order valence-corrected chi connectivity index (χ3v) is 1.82. The van der Waals surface area contributed by atoms with Gasteiger partial charge in [0.15, 0.2) is 0 Å². The lowest BCUT2D eigenvalue weighted by Gasteiger charge is -2.08. The molecular weight excluding hydrogens is 205 g/mol. The molecule has 0 aliphatic heterocycles. The Labute approximate surface area is 77.1 Å². The van der Waals surface area contributed by atoms with Crippen LogP contribution in [0.3, 0.4) is 0 Å². The lowest BCUT2D eigenvalue weighted by molar-refractivity contribution is -0.137. The molecule has 1 radical (unpaired) electrons. The molecule has 0 aliphatic rings. The van der Waals surface area contributed by atoms with Crippen molar-refractivity contribution in [2.24, 2.45) is 0 Å². The largest absolute Gasteiger partial charge is 0.417 e. The van der Waals surface area contributed by atoms with Gasteiger partial charge in [0.2, 0.25) is 6.29 Å². The summed E-state index contributed by atoms with van der Waals surface area (Å²) in [6.45, 7) is 0. The summed E-state index contributed by atoms with van der Waals surface area (Å²) in [6, 6.07) is 3.09. The maximum atomic E-state index is 12.2. The second-order valence-corrected chi connectivity index (χ2v) is 2.64. The van der Waals surface area contributed by atoms with Crippen LogP contribution in [0.25, 0.3) is 0 Å². The van der Waals surface area contributed by atoms with Crippen molar-refractivity contribution in [3.05, 3.63) is 34.3 Å². The molecule has 1 aromatic rings. The maximum Gasteiger partial charge on any atom is 0.417 e. The zero-order valence-corrected chi connectivity index (χ0v) is 6.91. The summed E-state index contributed by atoms with van der Waals surface area (Å²) in [5, 5.41) is -0.606. The van der Waals surface area contributed by atoms with Gasteiger partial charge in [0.25, 0.3) is 0 Å². The Balaban J connectivity index is 3.32. The van der Waals surface area contributed by atoms with Gasteiger partial charge in [0, 0.05) is 5.56 Å². The molecule has 0 bridgehead atoms. The summed E-state index contributed by atoms with van der Waals surface area (Å²) < 4.78 is 36.5. The van der Waals surface area contributed by atoms with E-state index in [0.29, 0.717) is 0 Å². The van der Waals surface area contributed by atoms with Gasteiger partial charge in [-0.3, -0.25) is 4.79 Å². The van der Waals surface area contributed by atoms with Gasteiger partial charge < -0.3 is 0 Å². The van der Waals surface area contributed by atoms with Crippen LogP contribution in [0.2, 0.25) is 5.02 Å². The summed E-state index contributed by atoms with van der Waals surface area (Å²) in [5.41, 5.74) is -1.30. The van der Waals surface area contributed by atoms with Gasteiger partial charge in [-0.2, -0.15) is 13.2 Å². The van der Waals surface area contributed by atoms with E-state index in [4.69, 9.17) is 11.6 Å². The molecule has 0 heterocycles. The van der Waals surface area contributed by atoms with Gasteiger partial charge in [-0.1, -0.05) is 17.7 Å². The topological polar surface area (TPSA) is 17.1 Å². The molecule has 0 aromatic heterocycles. The van der Waals surface area contributed by atoms with E-state index in [9.17, 15) is 18.0 Å². The Kier molecular flexibility index (Phi) is 2.61. The van der Waals surface area contributed by atoms with Crippen molar-refractivity contribution >= 4 is 17.9 Å². The summed E-state index contributed by atoms with van der Waals surface area (Å²) in [4.78, 5) is 10.1. The normalized spacial score (nSPS) is 11.4. The predicted molar refractivity (Wildman–Crippen MR) is 41.2 cm³/mol. The first-order chi connectivity index (χ1) is 5.96. The van der Waals surface area contributed by atoms with Crippen LogP contribution in [0.15, 0.2) is 18.2 Å². The van der Waals surface area contributed by atoms with E-state index in [1.54, 1.807) is 0 Å². The van der Waals surface area contributed by atoms with E-state index < -0.39 is 16.8 Å². The molecule has 0 unspecified atom stereocenters. The number of rotatable bonds is 1. The van der Waals surface area contributed by atoms with Crippen molar-refractivity contribution in [1.82, 2.24) is 0 Å². The van der Waals surface area contributed by atoms with E-state index in [0.717, 1.165) is 12.1 Å². The lowest BCUT2D eigenvalue weighted by atomic mass is 10.1. The minimum Gasteiger partial charge on any atom is -0.285 e. The first kappa shape index (κ1) is 10.1. The highest BCUT2D eigenvalue weighted by Crippen LogP contribution is 2.35. The highest BCUT2D eigenvalue weighted by Gasteiger charge is 2.33. The molecule has 1 rings (SSSR count). The molecule has 1 aromatic carbocycles. The Morgan fingerprint density at radius 2 is 1.92 bits per heavy atom. The molecule has 0 N–H and O–H groups in total. The summed E-state index contributed by atoms with van der Waals surface area (Å²) in [6.07, 6.45) is -3.21. The van der Waals surface area contributed by atoms with Gasteiger partial charge in [0.05, 0.1) is 10.6 Å². The van der Waals surface area contributed by atoms with Crippen molar-refractivity contribution in [2.75, 3.05) is 0 Å². The molecule has 0 spiro atoms. The zero-order valence-electron chi connectivity index (χ0n) is 6.15. The molecule has 0 aliphatic carbocycles. The Hall–Kier alpha value is -1.03. The molecule has 0 saturated carbocycles. The van der Waals surface area contributed by atoms with E-state index in [1.807, 2.05) is 0 Å². The SMILES string of the molecule is O=[C]c1cccc(C(F)(F)F)c1Cl. The number of alkyl halides is 3. The highest BCUT2D eigenvalue weighted by molar-refractivity contribution is 6.33. The minimum atomic E-state index is -4.54. The quantitative estimate of drug-likeness (QED) is 0.692. The molecule has 13 heavy (non-hydrogen) atoms. The smallest absolute Gasteiger partial charge is 0.285 e. The van der Waals surface area contributed by atoms with Gasteiger partial charge >= 0.3 is 6.18 Å². The Morgan fingerprint density at radius 3 is 2.38 bits per heavy atom. The van der Waals surface area contributed by atoms with Gasteiger partial charge in [-0.25, -0.2) is 0 Å². The number of hydrogen-bond acceptors (Lipinski definition) is 1. The third-order valence-electron chi connectivity index (χ3n) is 1.41. The maximum absolute atomic E-state index is 12.2. The van der Waals surface area contributed by atoms with Crippen LogP contribution in [0.5, 0.6) is 0 Å². The van der Waals surface area contributed by atoms with Crippen LogP contribution in [0.4, 0.5) is 13.2 Å². The second-order valence-electron chi connectivity index (χ2n) is 2.27. The number of hydrogen-bond donors (Lipinski definition) is 0. The molecule has 1 nitrogen and oxygen atoms in total. The lowest BCUT2D eigenvalue weighted by Crippen LogP contribution is -2.06. The second kappa shape index (κ2) is 3.38. The van der Waals surface area contributed by atoms with Crippen LogP contribution in [0, 0.1) is 0 Å². The fourth-order valence-corrected chi connectivity index (χ4v) is 1.10. The van der Waals surface area contributed by atoms with E-state index in [2.05, 4.69) is 0 Å². The van der Waals surface area contributed by atoms with Crippen molar-refractivity contribution in [2.45, 2.75) is 6.18 Å². The fraction of sp³-hybridized carbons (Fsp3) is 0.125. The monoisotopic (exact) mass is 207 g/mol. The standard InChI is InChI=1S/C8H3ClF3O/c9-7-5(4-13)2-1-3-6(7)8(10,11)12/h1-3H. The van der Waals surface area contributed by atoms with Crippen molar-refractivity contribution < 1.29 is 18.0 Å². The molecular formula is C8H3ClF3O. The molecule has 0 saturated heterocycles. The molecule has 69 valence electrons. The number of benzene rings is 1. The number of halogens is 4. The Morgan fingerprint density at radius 1 is 1.31 bits per heavy atom. The van der Waals surface area contributed by atoms with Crippen LogP contribution in [-0.4, -0.2) is 6.29 Å². The highest BCUT2D eigenvalue weighted by atomic mass is 35.5. The molecule has 5 heteroatoms. The van der Waals surface area contributed by atoms with Crippen molar-refractivity contribution in [1.29, 1.82) is 0 Å². The number of carbonyl (C=O) groups excluding carboxylic acids is 1. The zero-order chi connectivity index (χ0) is 10.1. The van der Waals surface area contributed by atoms with Crippen LogP contribution < -0.4 is 0 Å². The minimum absolute atomic E-state index is 0.281. The molecule has 0 atom stereocenters. The van der Waals surface area contributed by atoms with Crippen LogP contribution in [-0.2, 0) is 11.0 Å².